The summed E-state index contributed by atoms with van der Waals surface area (Å²) in [6.07, 6.45) is 0. The Labute approximate surface area is 132 Å². The molecule has 0 aromatic heterocycles. The monoisotopic (exact) mass is 405 g/mol. The van der Waals surface area contributed by atoms with E-state index in [-0.39, 0.29) is 5.56 Å². The summed E-state index contributed by atoms with van der Waals surface area (Å²) in [7, 11) is 1.54. The van der Waals surface area contributed by atoms with Gasteiger partial charge in [0.05, 0.1) is 13.2 Å². The molecule has 106 valence electrons. The van der Waals surface area contributed by atoms with Gasteiger partial charge in [0.2, 0.25) is 0 Å². The summed E-state index contributed by atoms with van der Waals surface area (Å²) in [5, 5.41) is 0. The van der Waals surface area contributed by atoms with Crippen LogP contribution in [0.2, 0.25) is 0 Å². The number of nitrogens with two attached hydrogens (primary N) is 1. The molecule has 1 unspecified atom stereocenters. The van der Waals surface area contributed by atoms with Gasteiger partial charge in [-0.25, -0.2) is 8.78 Å². The Morgan fingerprint density at radius 3 is 2.20 bits per heavy atom. The van der Waals surface area contributed by atoms with Gasteiger partial charge in [0.25, 0.3) is 0 Å². The largest absolute Gasteiger partial charge is 0.497 e. The summed E-state index contributed by atoms with van der Waals surface area (Å²) in [5.74, 6) is -0.747. The van der Waals surface area contributed by atoms with Gasteiger partial charge in [-0.3, -0.25) is 0 Å². The summed E-state index contributed by atoms with van der Waals surface area (Å²) < 4.78 is 33.9. The molecule has 0 fully saturated rings. The summed E-state index contributed by atoms with van der Waals surface area (Å²) in [6.45, 7) is 0. The highest BCUT2D eigenvalue weighted by atomic mass is 79.9. The van der Waals surface area contributed by atoms with Crippen molar-refractivity contribution in [2.24, 2.45) is 5.73 Å². The van der Waals surface area contributed by atoms with Gasteiger partial charge in [-0.1, -0.05) is 37.9 Å². The molecule has 20 heavy (non-hydrogen) atoms. The first-order valence-electron chi connectivity index (χ1n) is 5.67. The molecule has 0 bridgehead atoms. The van der Waals surface area contributed by atoms with E-state index in [4.69, 9.17) is 10.5 Å². The number of hydrogen-bond acceptors (Lipinski definition) is 2. The number of methoxy groups -OCH3 is 1. The minimum Gasteiger partial charge on any atom is -0.497 e. The first-order chi connectivity index (χ1) is 9.43. The Bertz CT molecular complexity index is 626. The summed E-state index contributed by atoms with van der Waals surface area (Å²) >= 11 is 6.37. The Kier molecular flexibility index (Phi) is 4.78. The van der Waals surface area contributed by atoms with Crippen molar-refractivity contribution in [3.8, 4) is 5.75 Å². The first-order valence-corrected chi connectivity index (χ1v) is 7.26. The Morgan fingerprint density at radius 2 is 1.70 bits per heavy atom. The van der Waals surface area contributed by atoms with Gasteiger partial charge in [-0.2, -0.15) is 0 Å². The van der Waals surface area contributed by atoms with Gasteiger partial charge < -0.3 is 10.5 Å². The normalized spacial score (nSPS) is 12.3. The van der Waals surface area contributed by atoms with Gasteiger partial charge in [0.15, 0.2) is 0 Å². The maximum atomic E-state index is 13.9. The molecule has 0 saturated heterocycles. The number of hydrogen-bond donors (Lipinski definition) is 1. The third-order valence-electron chi connectivity index (χ3n) is 2.90. The fourth-order valence-corrected chi connectivity index (χ4v) is 2.90. The first kappa shape index (κ1) is 15.4. The lowest BCUT2D eigenvalue weighted by Crippen LogP contribution is -2.16. The van der Waals surface area contributed by atoms with Gasteiger partial charge >= 0.3 is 0 Å². The van der Waals surface area contributed by atoms with Gasteiger partial charge in [-0.15, -0.1) is 0 Å². The van der Waals surface area contributed by atoms with Crippen LogP contribution in [0.3, 0.4) is 0 Å². The molecule has 2 nitrogen and oxygen atoms in total. The lowest BCUT2D eigenvalue weighted by Gasteiger charge is -2.17. The highest BCUT2D eigenvalue weighted by molar-refractivity contribution is 9.10. The minimum absolute atomic E-state index is 0.168. The van der Waals surface area contributed by atoms with Gasteiger partial charge in [-0.05, 0) is 29.8 Å². The van der Waals surface area contributed by atoms with E-state index in [9.17, 15) is 8.78 Å². The number of ether oxygens (including phenoxy) is 1. The third kappa shape index (κ3) is 3.02. The zero-order chi connectivity index (χ0) is 14.9. The fraction of sp³-hybridized carbons (Fsp3) is 0.143. The van der Waals surface area contributed by atoms with Crippen molar-refractivity contribution >= 4 is 31.9 Å². The van der Waals surface area contributed by atoms with Crippen LogP contribution in [0.25, 0.3) is 0 Å². The highest BCUT2D eigenvalue weighted by Crippen LogP contribution is 2.33. The summed E-state index contributed by atoms with van der Waals surface area (Å²) in [4.78, 5) is 0. The van der Waals surface area contributed by atoms with Crippen molar-refractivity contribution in [1.29, 1.82) is 0 Å². The fourth-order valence-electron chi connectivity index (χ4n) is 1.89. The van der Waals surface area contributed by atoms with E-state index >= 15 is 0 Å². The van der Waals surface area contributed by atoms with Crippen LogP contribution < -0.4 is 10.5 Å². The molecule has 0 aliphatic rings. The van der Waals surface area contributed by atoms with Gasteiger partial charge in [0, 0.05) is 14.5 Å². The number of rotatable bonds is 3. The minimum atomic E-state index is -0.914. The molecule has 0 saturated carbocycles. The summed E-state index contributed by atoms with van der Waals surface area (Å²) in [5.41, 5.74) is 6.40. The van der Waals surface area contributed by atoms with E-state index in [1.165, 1.54) is 19.2 Å². The van der Waals surface area contributed by atoms with Crippen LogP contribution in [0.1, 0.15) is 17.2 Å². The Balaban J connectivity index is 2.49. The molecule has 0 heterocycles. The molecular weight excluding hydrogens is 396 g/mol. The van der Waals surface area contributed by atoms with E-state index < -0.39 is 17.7 Å². The molecule has 6 heteroatoms. The van der Waals surface area contributed by atoms with E-state index in [0.717, 1.165) is 0 Å². The van der Waals surface area contributed by atoms with Crippen LogP contribution >= 0.6 is 31.9 Å². The van der Waals surface area contributed by atoms with Crippen molar-refractivity contribution in [2.45, 2.75) is 6.04 Å². The van der Waals surface area contributed by atoms with Crippen molar-refractivity contribution in [3.63, 3.8) is 0 Å². The molecule has 2 aromatic carbocycles. The van der Waals surface area contributed by atoms with Crippen LogP contribution in [0.4, 0.5) is 8.78 Å². The van der Waals surface area contributed by atoms with Crippen molar-refractivity contribution < 1.29 is 13.5 Å². The molecule has 2 N–H and O–H groups in total. The Hall–Kier alpha value is -0.980. The molecule has 0 amide bonds. The van der Waals surface area contributed by atoms with Crippen LogP contribution in [-0.4, -0.2) is 7.11 Å². The zero-order valence-corrected chi connectivity index (χ0v) is 13.6. The molecule has 0 aliphatic heterocycles. The maximum absolute atomic E-state index is 13.9. The van der Waals surface area contributed by atoms with Crippen molar-refractivity contribution in [3.05, 3.63) is 62.0 Å². The lowest BCUT2D eigenvalue weighted by molar-refractivity contribution is 0.414. The molecule has 2 rings (SSSR count). The lowest BCUT2D eigenvalue weighted by atomic mass is 9.98. The number of halogens is 4. The van der Waals surface area contributed by atoms with Crippen LogP contribution in [-0.2, 0) is 0 Å². The van der Waals surface area contributed by atoms with Crippen LogP contribution in [0.15, 0.2) is 39.3 Å². The van der Waals surface area contributed by atoms with E-state index in [1.54, 1.807) is 18.2 Å². The van der Waals surface area contributed by atoms with Crippen LogP contribution in [0, 0.1) is 11.6 Å². The van der Waals surface area contributed by atoms with Crippen molar-refractivity contribution in [2.75, 3.05) is 7.11 Å². The average molecular weight is 407 g/mol. The second-order valence-electron chi connectivity index (χ2n) is 4.15. The highest BCUT2D eigenvalue weighted by Gasteiger charge is 2.21. The van der Waals surface area contributed by atoms with Crippen molar-refractivity contribution in [1.82, 2.24) is 0 Å². The second-order valence-corrected chi connectivity index (χ2v) is 5.92. The third-order valence-corrected chi connectivity index (χ3v) is 4.04. The quantitative estimate of drug-likeness (QED) is 0.811. The zero-order valence-electron chi connectivity index (χ0n) is 10.5. The predicted octanol–water partition coefficient (Wildman–Crippen LogP) is 4.55. The summed E-state index contributed by atoms with van der Waals surface area (Å²) in [6, 6.07) is 6.53. The topological polar surface area (TPSA) is 35.2 Å². The van der Waals surface area contributed by atoms with E-state index in [0.29, 0.717) is 20.3 Å². The SMILES string of the molecule is COc1ccc(C(N)c2c(F)cc(Br)cc2F)c(Br)c1. The maximum Gasteiger partial charge on any atom is 0.132 e. The average Bonchev–Trinajstić information content (AvgIpc) is 2.37. The predicted molar refractivity (Wildman–Crippen MR) is 80.8 cm³/mol. The molecular formula is C14H11Br2F2NO. The van der Waals surface area contributed by atoms with E-state index in [2.05, 4.69) is 31.9 Å². The molecule has 0 aliphatic carbocycles. The molecule has 1 atom stereocenters. The smallest absolute Gasteiger partial charge is 0.132 e. The molecule has 2 aromatic rings. The standard InChI is InChI=1S/C14H11Br2F2NO/c1-20-8-2-3-9(10(16)6-8)14(19)13-11(17)4-7(15)5-12(13)18/h2-6,14H,19H2,1H3. The Morgan fingerprint density at radius 1 is 1.10 bits per heavy atom. The van der Waals surface area contributed by atoms with Crippen LogP contribution in [0.5, 0.6) is 5.75 Å². The molecule has 0 radical (unpaired) electrons. The molecule has 0 spiro atoms. The van der Waals surface area contributed by atoms with Gasteiger partial charge in [0.1, 0.15) is 17.4 Å². The second kappa shape index (κ2) is 6.20. The number of benzene rings is 2. The van der Waals surface area contributed by atoms with E-state index in [1.807, 2.05) is 0 Å².